The summed E-state index contributed by atoms with van der Waals surface area (Å²) in [5.41, 5.74) is 4.07. The van der Waals surface area contributed by atoms with Crippen LogP contribution in [0.3, 0.4) is 0 Å². The van der Waals surface area contributed by atoms with E-state index in [0.717, 1.165) is 0 Å². The van der Waals surface area contributed by atoms with Gasteiger partial charge in [0.25, 0.3) is 0 Å². The molecule has 1 nitrogen and oxygen atoms in total. The summed E-state index contributed by atoms with van der Waals surface area (Å²) in [4.78, 5) is 3.83. The molecule has 2 heterocycles. The molecule has 0 bridgehead atoms. The summed E-state index contributed by atoms with van der Waals surface area (Å²) < 4.78 is 2.73. The molecule has 0 atom stereocenters. The first kappa shape index (κ1) is 16.1. The molecule has 6 aromatic rings. The van der Waals surface area contributed by atoms with Crippen molar-refractivity contribution in [2.24, 2.45) is 0 Å². The van der Waals surface area contributed by atoms with E-state index in [1.807, 2.05) is 11.3 Å². The Morgan fingerprint density at radius 2 is 1.32 bits per heavy atom. The minimum absolute atomic E-state index is 0.147. The predicted molar refractivity (Wildman–Crippen MR) is 125 cm³/mol. The van der Waals surface area contributed by atoms with Gasteiger partial charge < -0.3 is 4.98 Å². The lowest BCUT2D eigenvalue weighted by Crippen LogP contribution is -2.10. The number of thiophene rings is 1. The second kappa shape index (κ2) is 5.36. The molecular weight excluding hydrogens is 358 g/mol. The minimum Gasteiger partial charge on any atom is -0.353 e. The van der Waals surface area contributed by atoms with Crippen molar-refractivity contribution in [1.29, 1.82) is 0 Å². The van der Waals surface area contributed by atoms with Gasteiger partial charge in [0.15, 0.2) is 0 Å². The molecule has 0 radical (unpaired) electrons. The molecule has 0 aliphatic rings. The molecule has 0 spiro atoms. The van der Waals surface area contributed by atoms with Gasteiger partial charge in [0.1, 0.15) is 0 Å². The van der Waals surface area contributed by atoms with E-state index in [0.29, 0.717) is 0 Å². The van der Waals surface area contributed by atoms with Crippen LogP contribution in [0.15, 0.2) is 66.7 Å². The molecule has 2 heteroatoms. The second-order valence-electron chi connectivity index (χ2n) is 8.73. The molecule has 0 fully saturated rings. The first-order valence-electron chi connectivity index (χ1n) is 9.80. The molecule has 1 N–H and O–H groups in total. The topological polar surface area (TPSA) is 15.8 Å². The van der Waals surface area contributed by atoms with Gasteiger partial charge in [0.05, 0.1) is 15.7 Å². The molecule has 0 aliphatic heterocycles. The Hall–Kier alpha value is -2.84. The van der Waals surface area contributed by atoms with Crippen molar-refractivity contribution in [3.05, 3.63) is 72.3 Å². The molecular formula is C26H21NS. The predicted octanol–water partition coefficient (Wildman–Crippen LogP) is 8.14. The van der Waals surface area contributed by atoms with Gasteiger partial charge in [-0.3, -0.25) is 0 Å². The first-order valence-corrected chi connectivity index (χ1v) is 10.6. The van der Waals surface area contributed by atoms with E-state index < -0.39 is 0 Å². The van der Waals surface area contributed by atoms with Crippen molar-refractivity contribution in [2.75, 3.05) is 0 Å². The summed E-state index contributed by atoms with van der Waals surface area (Å²) in [5, 5.41) is 8.00. The Labute approximate surface area is 167 Å². The normalized spacial score (nSPS) is 12.8. The molecule has 0 saturated heterocycles. The lowest BCUT2D eigenvalue weighted by atomic mass is 9.86. The number of rotatable bonds is 0. The van der Waals surface area contributed by atoms with Crippen LogP contribution < -0.4 is 0 Å². The van der Waals surface area contributed by atoms with Gasteiger partial charge >= 0.3 is 0 Å². The van der Waals surface area contributed by atoms with E-state index >= 15 is 0 Å². The maximum absolute atomic E-state index is 3.83. The molecule has 6 rings (SSSR count). The SMILES string of the molecule is CC(C)(C)c1ccc2sc3c([nH]c4c5ccccc5c5ccccc5c43)c2c1. The molecule has 28 heavy (non-hydrogen) atoms. The highest BCUT2D eigenvalue weighted by Gasteiger charge is 2.19. The fourth-order valence-corrected chi connectivity index (χ4v) is 5.70. The van der Waals surface area contributed by atoms with E-state index in [4.69, 9.17) is 0 Å². The van der Waals surface area contributed by atoms with Crippen LogP contribution in [0.2, 0.25) is 0 Å². The van der Waals surface area contributed by atoms with Gasteiger partial charge in [-0.05, 0) is 39.3 Å². The van der Waals surface area contributed by atoms with Crippen LogP contribution in [0.4, 0.5) is 0 Å². The number of aromatic amines is 1. The van der Waals surface area contributed by atoms with Gasteiger partial charge in [-0.25, -0.2) is 0 Å². The Morgan fingerprint density at radius 1 is 0.679 bits per heavy atom. The quantitative estimate of drug-likeness (QED) is 0.256. The Bertz CT molecular complexity index is 1540. The average Bonchev–Trinajstić information content (AvgIpc) is 3.23. The van der Waals surface area contributed by atoms with Crippen molar-refractivity contribution >= 4 is 64.1 Å². The van der Waals surface area contributed by atoms with E-state index in [1.54, 1.807) is 0 Å². The van der Waals surface area contributed by atoms with Gasteiger partial charge in [-0.1, -0.05) is 75.4 Å². The number of hydrogen-bond donors (Lipinski definition) is 1. The molecule has 4 aromatic carbocycles. The summed E-state index contributed by atoms with van der Waals surface area (Å²) in [7, 11) is 0. The first-order chi connectivity index (χ1) is 13.5. The van der Waals surface area contributed by atoms with Crippen LogP contribution >= 0.6 is 11.3 Å². The fourth-order valence-electron chi connectivity index (χ4n) is 4.50. The number of aromatic nitrogens is 1. The van der Waals surface area contributed by atoms with Crippen molar-refractivity contribution < 1.29 is 0 Å². The van der Waals surface area contributed by atoms with Crippen LogP contribution in [0, 0.1) is 0 Å². The molecule has 2 aromatic heterocycles. The Balaban J connectivity index is 1.87. The number of H-pyrrole nitrogens is 1. The van der Waals surface area contributed by atoms with Crippen LogP contribution in [0.1, 0.15) is 26.3 Å². The van der Waals surface area contributed by atoms with Crippen LogP contribution in [-0.2, 0) is 5.41 Å². The van der Waals surface area contributed by atoms with Crippen molar-refractivity contribution in [2.45, 2.75) is 26.2 Å². The molecule has 136 valence electrons. The summed E-state index contributed by atoms with van der Waals surface area (Å²) in [6, 6.07) is 24.5. The van der Waals surface area contributed by atoms with Crippen LogP contribution in [-0.4, -0.2) is 4.98 Å². The zero-order valence-corrected chi connectivity index (χ0v) is 17.1. The summed E-state index contributed by atoms with van der Waals surface area (Å²) >= 11 is 1.91. The third-order valence-electron chi connectivity index (χ3n) is 5.96. The smallest absolute Gasteiger partial charge is 0.0655 e. The monoisotopic (exact) mass is 379 g/mol. The molecule has 0 unspecified atom stereocenters. The Morgan fingerprint density at radius 3 is 2.04 bits per heavy atom. The minimum atomic E-state index is 0.147. The summed E-state index contributed by atoms with van der Waals surface area (Å²) in [6.07, 6.45) is 0. The maximum atomic E-state index is 3.83. The summed E-state index contributed by atoms with van der Waals surface area (Å²) in [5.74, 6) is 0. The fraction of sp³-hybridized carbons (Fsp3) is 0.154. The molecule has 0 aliphatic carbocycles. The van der Waals surface area contributed by atoms with Gasteiger partial charge in [0, 0.05) is 20.9 Å². The van der Waals surface area contributed by atoms with E-state index in [2.05, 4.69) is 92.5 Å². The largest absolute Gasteiger partial charge is 0.353 e. The number of hydrogen-bond acceptors (Lipinski definition) is 1. The van der Waals surface area contributed by atoms with E-state index in [9.17, 15) is 0 Å². The van der Waals surface area contributed by atoms with Crippen LogP contribution in [0.5, 0.6) is 0 Å². The zero-order chi connectivity index (χ0) is 19.0. The standard InChI is InChI=1S/C26H21NS/c1-26(2,3)15-12-13-21-20(14-15)24-25(28-21)22-18-10-6-4-8-16(18)17-9-5-7-11-19(17)23(22)27-24/h4-14,27H,1-3H3. The maximum Gasteiger partial charge on any atom is 0.0655 e. The van der Waals surface area contributed by atoms with Crippen molar-refractivity contribution in [3.63, 3.8) is 0 Å². The van der Waals surface area contributed by atoms with Crippen molar-refractivity contribution in [1.82, 2.24) is 4.98 Å². The zero-order valence-electron chi connectivity index (χ0n) is 16.3. The lowest BCUT2D eigenvalue weighted by molar-refractivity contribution is 0.591. The molecule has 0 amide bonds. The van der Waals surface area contributed by atoms with Gasteiger partial charge in [0.2, 0.25) is 0 Å². The van der Waals surface area contributed by atoms with Crippen LogP contribution in [0.25, 0.3) is 52.8 Å². The van der Waals surface area contributed by atoms with Gasteiger partial charge in [-0.2, -0.15) is 0 Å². The number of nitrogens with one attached hydrogen (secondary N) is 1. The second-order valence-corrected chi connectivity index (χ2v) is 9.79. The Kier molecular flexibility index (Phi) is 3.09. The van der Waals surface area contributed by atoms with E-state index in [1.165, 1.54) is 58.3 Å². The third-order valence-corrected chi connectivity index (χ3v) is 7.15. The number of fused-ring (bicyclic) bond motifs is 10. The highest BCUT2D eigenvalue weighted by Crippen LogP contribution is 2.45. The van der Waals surface area contributed by atoms with Gasteiger partial charge in [-0.15, -0.1) is 11.3 Å². The molecule has 0 saturated carbocycles. The third kappa shape index (κ3) is 2.07. The highest BCUT2D eigenvalue weighted by molar-refractivity contribution is 7.26. The average molecular weight is 380 g/mol. The van der Waals surface area contributed by atoms with E-state index in [-0.39, 0.29) is 5.41 Å². The van der Waals surface area contributed by atoms with Crippen molar-refractivity contribution in [3.8, 4) is 0 Å². The number of benzene rings is 4. The lowest BCUT2D eigenvalue weighted by Gasteiger charge is -2.18. The summed E-state index contributed by atoms with van der Waals surface area (Å²) in [6.45, 7) is 6.85. The highest BCUT2D eigenvalue weighted by atomic mass is 32.1.